The van der Waals surface area contributed by atoms with Gasteiger partial charge >= 0.3 is 22.5 Å². The number of alkyl halides is 6. The predicted octanol–water partition coefficient (Wildman–Crippen LogP) is 4.29. The monoisotopic (exact) mass is 369 g/mol. The quantitative estimate of drug-likeness (QED) is 0.599. The molecular weight excluding hydrogens is 362 g/mol. The molecule has 0 N–H and O–H groups in total. The van der Waals surface area contributed by atoms with E-state index in [1.165, 1.54) is 12.1 Å². The molecule has 0 bridgehead atoms. The molecule has 129 valence electrons. The van der Waals surface area contributed by atoms with E-state index in [0.29, 0.717) is 0 Å². The van der Waals surface area contributed by atoms with E-state index in [4.69, 9.17) is 0 Å². The van der Waals surface area contributed by atoms with E-state index in [1.807, 2.05) is 0 Å². The van der Waals surface area contributed by atoms with E-state index in [-0.39, 0.29) is 23.9 Å². The molecule has 2 aromatic carbocycles. The minimum atomic E-state index is -5.16. The van der Waals surface area contributed by atoms with Crippen LogP contribution in [0.25, 0.3) is 0 Å². The highest BCUT2D eigenvalue weighted by molar-refractivity contribution is 7.87. The first-order chi connectivity index (χ1) is 10.9. The fourth-order valence-corrected chi connectivity index (χ4v) is 2.68. The fourth-order valence-electron chi connectivity index (χ4n) is 1.67. The van der Waals surface area contributed by atoms with Crippen LogP contribution in [0.1, 0.15) is 11.1 Å². The maximum Gasteiger partial charge on any atom is 0.416 e. The van der Waals surface area contributed by atoms with Crippen LogP contribution in [0.3, 0.4) is 0 Å². The molecule has 0 atom stereocenters. The van der Waals surface area contributed by atoms with Crippen LogP contribution in [0.5, 0.6) is 5.75 Å². The van der Waals surface area contributed by atoms with Crippen molar-refractivity contribution >= 4 is 10.1 Å². The molecule has 1 radical (unpaired) electrons. The average Bonchev–Trinajstić information content (AvgIpc) is 2.45. The minimum Gasteiger partial charge on any atom is -0.379 e. The van der Waals surface area contributed by atoms with Gasteiger partial charge in [-0.25, -0.2) is 0 Å². The number of rotatable bonds is 3. The van der Waals surface area contributed by atoms with Crippen molar-refractivity contribution in [1.82, 2.24) is 0 Å². The summed E-state index contributed by atoms with van der Waals surface area (Å²) in [6, 6.07) is 7.33. The summed E-state index contributed by atoms with van der Waals surface area (Å²) in [6.07, 6.45) is -10.3. The van der Waals surface area contributed by atoms with Gasteiger partial charge in [0.1, 0.15) is 10.6 Å². The van der Waals surface area contributed by atoms with Gasteiger partial charge in [-0.05, 0) is 36.4 Å². The molecule has 10 heteroatoms. The van der Waals surface area contributed by atoms with Gasteiger partial charge in [-0.2, -0.15) is 34.8 Å². The molecule has 0 saturated heterocycles. The van der Waals surface area contributed by atoms with E-state index in [1.54, 1.807) is 0 Å². The molecule has 24 heavy (non-hydrogen) atoms. The number of hydrogen-bond acceptors (Lipinski definition) is 3. The summed E-state index contributed by atoms with van der Waals surface area (Å²) in [6.45, 7) is 0. The smallest absolute Gasteiger partial charge is 0.379 e. The summed E-state index contributed by atoms with van der Waals surface area (Å²) in [5.41, 5.74) is -3.50. The Morgan fingerprint density at radius 2 is 1.29 bits per heavy atom. The first-order valence-electron chi connectivity index (χ1n) is 6.10. The standard InChI is InChI=1S/C14H7F6O3S/c15-13(16,17)9-6-10(14(18,19)20)8-12(7-9)24(21,22)23-11-4-2-1-3-5-11/h2-8H. The van der Waals surface area contributed by atoms with Crippen molar-refractivity contribution in [1.29, 1.82) is 0 Å². The van der Waals surface area contributed by atoms with Gasteiger partial charge in [-0.1, -0.05) is 12.1 Å². The van der Waals surface area contributed by atoms with Crippen molar-refractivity contribution in [3.8, 4) is 5.75 Å². The summed E-state index contributed by atoms with van der Waals surface area (Å²) in [5.74, 6) is -0.278. The summed E-state index contributed by atoms with van der Waals surface area (Å²) in [7, 11) is -4.89. The molecule has 0 amide bonds. The second-order valence-corrected chi connectivity index (χ2v) is 6.06. The minimum absolute atomic E-state index is 0.0830. The molecule has 0 fully saturated rings. The maximum atomic E-state index is 12.7. The van der Waals surface area contributed by atoms with Gasteiger partial charge in [-0.3, -0.25) is 0 Å². The molecule has 0 unspecified atom stereocenters. The molecule has 0 heterocycles. The first kappa shape index (κ1) is 18.1. The summed E-state index contributed by atoms with van der Waals surface area (Å²) in [4.78, 5) is -1.25. The summed E-state index contributed by atoms with van der Waals surface area (Å²) >= 11 is 0. The lowest BCUT2D eigenvalue weighted by Crippen LogP contribution is -2.16. The van der Waals surface area contributed by atoms with Crippen molar-refractivity contribution in [2.45, 2.75) is 17.2 Å². The van der Waals surface area contributed by atoms with E-state index >= 15 is 0 Å². The zero-order valence-electron chi connectivity index (χ0n) is 11.4. The van der Waals surface area contributed by atoms with E-state index in [9.17, 15) is 34.8 Å². The van der Waals surface area contributed by atoms with Crippen LogP contribution in [-0.2, 0) is 22.5 Å². The summed E-state index contributed by atoms with van der Waals surface area (Å²) < 4.78 is 105. The Kier molecular flexibility index (Phi) is 4.53. The molecule has 0 spiro atoms. The largest absolute Gasteiger partial charge is 0.416 e. The maximum absolute atomic E-state index is 12.7. The molecular formula is C14H7F6O3S. The molecule has 0 aromatic heterocycles. The lowest BCUT2D eigenvalue weighted by Gasteiger charge is -2.14. The van der Waals surface area contributed by atoms with Gasteiger partial charge in [0.15, 0.2) is 0 Å². The van der Waals surface area contributed by atoms with Gasteiger partial charge in [0.2, 0.25) is 0 Å². The number of halogens is 6. The Labute approximate surface area is 132 Å². The third-order valence-corrected chi connectivity index (χ3v) is 3.97. The van der Waals surface area contributed by atoms with Crippen molar-refractivity contribution < 1.29 is 38.9 Å². The highest BCUT2D eigenvalue weighted by atomic mass is 32.2. The second kappa shape index (κ2) is 6.00. The first-order valence-corrected chi connectivity index (χ1v) is 7.50. The van der Waals surface area contributed by atoms with Crippen LogP contribution in [0.4, 0.5) is 26.3 Å². The van der Waals surface area contributed by atoms with Gasteiger partial charge in [-0.15, -0.1) is 0 Å². The van der Waals surface area contributed by atoms with Crippen LogP contribution >= 0.6 is 0 Å². The molecule has 0 aliphatic rings. The Morgan fingerprint density at radius 1 is 0.833 bits per heavy atom. The fraction of sp³-hybridized carbons (Fsp3) is 0.143. The second-order valence-electron chi connectivity index (χ2n) is 4.51. The van der Waals surface area contributed by atoms with Crippen molar-refractivity contribution in [3.63, 3.8) is 0 Å². The molecule has 2 aromatic rings. The lowest BCUT2D eigenvalue weighted by atomic mass is 10.1. The SMILES string of the molecule is O=S(=O)(Oc1cc[c]cc1)c1cc(C(F)(F)F)cc(C(F)(F)F)c1. The van der Waals surface area contributed by atoms with Crippen LogP contribution in [0.15, 0.2) is 47.4 Å². The molecule has 0 aliphatic heterocycles. The third-order valence-electron chi connectivity index (χ3n) is 2.74. The molecule has 0 saturated carbocycles. The Hall–Kier alpha value is -2.23. The Balaban J connectivity index is 2.56. The van der Waals surface area contributed by atoms with E-state index in [0.717, 1.165) is 12.1 Å². The third kappa shape index (κ3) is 4.19. The normalized spacial score (nSPS) is 12.9. The van der Waals surface area contributed by atoms with Crippen LogP contribution in [0, 0.1) is 6.07 Å². The van der Waals surface area contributed by atoms with Gasteiger partial charge < -0.3 is 4.18 Å². The van der Waals surface area contributed by atoms with Crippen molar-refractivity contribution in [2.75, 3.05) is 0 Å². The topological polar surface area (TPSA) is 43.4 Å². The van der Waals surface area contributed by atoms with Gasteiger partial charge in [0.25, 0.3) is 0 Å². The molecule has 3 nitrogen and oxygen atoms in total. The van der Waals surface area contributed by atoms with Gasteiger partial charge in [0, 0.05) is 0 Å². The summed E-state index contributed by atoms with van der Waals surface area (Å²) in [5, 5.41) is 0. The number of hydrogen-bond donors (Lipinski definition) is 0. The Morgan fingerprint density at radius 3 is 1.71 bits per heavy atom. The highest BCUT2D eigenvalue weighted by Gasteiger charge is 2.38. The average molecular weight is 369 g/mol. The van der Waals surface area contributed by atoms with Crippen LogP contribution in [0.2, 0.25) is 0 Å². The van der Waals surface area contributed by atoms with E-state index < -0.39 is 38.5 Å². The highest BCUT2D eigenvalue weighted by Crippen LogP contribution is 2.37. The lowest BCUT2D eigenvalue weighted by molar-refractivity contribution is -0.143. The van der Waals surface area contributed by atoms with Crippen LogP contribution < -0.4 is 4.18 Å². The van der Waals surface area contributed by atoms with Crippen LogP contribution in [-0.4, -0.2) is 8.42 Å². The van der Waals surface area contributed by atoms with Gasteiger partial charge in [0.05, 0.1) is 11.1 Å². The zero-order valence-corrected chi connectivity index (χ0v) is 12.3. The van der Waals surface area contributed by atoms with Crippen molar-refractivity contribution in [3.05, 3.63) is 59.7 Å². The predicted molar refractivity (Wildman–Crippen MR) is 69.5 cm³/mol. The van der Waals surface area contributed by atoms with E-state index in [2.05, 4.69) is 10.2 Å². The van der Waals surface area contributed by atoms with Crippen molar-refractivity contribution in [2.24, 2.45) is 0 Å². The molecule has 0 aliphatic carbocycles. The number of benzene rings is 2. The Bertz CT molecular complexity index is 794. The zero-order chi connectivity index (χ0) is 18.2. The molecule has 2 rings (SSSR count).